The van der Waals surface area contributed by atoms with Crippen molar-refractivity contribution in [3.63, 3.8) is 0 Å². The molecule has 0 saturated carbocycles. The van der Waals surface area contributed by atoms with Gasteiger partial charge in [-0.1, -0.05) is 13.0 Å². The molecule has 3 heteroatoms. The van der Waals surface area contributed by atoms with Crippen molar-refractivity contribution in [3.8, 4) is 0 Å². The van der Waals surface area contributed by atoms with Crippen molar-refractivity contribution in [1.29, 1.82) is 0 Å². The second kappa shape index (κ2) is 4.42. The van der Waals surface area contributed by atoms with Gasteiger partial charge in [0.25, 0.3) is 0 Å². The number of nitrogens with two attached hydrogens (primary N) is 1. The van der Waals surface area contributed by atoms with Gasteiger partial charge in [0.15, 0.2) is 0 Å². The van der Waals surface area contributed by atoms with Gasteiger partial charge in [-0.2, -0.15) is 0 Å². The molecule has 1 fully saturated rings. The molecule has 0 spiro atoms. The summed E-state index contributed by atoms with van der Waals surface area (Å²) in [7, 11) is 0. The molecule has 1 amide bonds. The van der Waals surface area contributed by atoms with Crippen molar-refractivity contribution in [1.82, 2.24) is 4.90 Å². The lowest BCUT2D eigenvalue weighted by molar-refractivity contribution is -0.126. The first-order valence-electron chi connectivity index (χ1n) is 4.86. The Morgan fingerprint density at radius 3 is 2.85 bits per heavy atom. The topological polar surface area (TPSA) is 46.3 Å². The zero-order valence-corrected chi connectivity index (χ0v) is 8.42. The van der Waals surface area contributed by atoms with E-state index in [9.17, 15) is 4.79 Å². The summed E-state index contributed by atoms with van der Waals surface area (Å²) in [4.78, 5) is 13.5. The molecule has 0 aliphatic carbocycles. The van der Waals surface area contributed by atoms with Gasteiger partial charge in [0.1, 0.15) is 0 Å². The van der Waals surface area contributed by atoms with E-state index < -0.39 is 0 Å². The highest BCUT2D eigenvalue weighted by atomic mass is 16.2. The van der Waals surface area contributed by atoms with Crippen LogP contribution in [0.3, 0.4) is 0 Å². The Labute approximate surface area is 79.6 Å². The van der Waals surface area contributed by atoms with Crippen molar-refractivity contribution < 1.29 is 4.79 Å². The average molecular weight is 182 g/mol. The highest BCUT2D eigenvalue weighted by Gasteiger charge is 2.23. The van der Waals surface area contributed by atoms with Crippen LogP contribution in [0.5, 0.6) is 0 Å². The SMILES string of the molecule is CC/C=C(/C)C(=O)N1CCC(N)C1. The summed E-state index contributed by atoms with van der Waals surface area (Å²) in [5.41, 5.74) is 6.57. The number of allylic oxidation sites excluding steroid dienone is 1. The van der Waals surface area contributed by atoms with E-state index in [4.69, 9.17) is 5.73 Å². The highest BCUT2D eigenvalue weighted by molar-refractivity contribution is 5.93. The van der Waals surface area contributed by atoms with Crippen LogP contribution < -0.4 is 5.73 Å². The maximum absolute atomic E-state index is 11.7. The summed E-state index contributed by atoms with van der Waals surface area (Å²) >= 11 is 0. The molecule has 1 rings (SSSR count). The minimum Gasteiger partial charge on any atom is -0.337 e. The van der Waals surface area contributed by atoms with Gasteiger partial charge in [0.2, 0.25) is 5.91 Å². The van der Waals surface area contributed by atoms with Crippen molar-refractivity contribution in [3.05, 3.63) is 11.6 Å². The van der Waals surface area contributed by atoms with Crippen LogP contribution in [0.15, 0.2) is 11.6 Å². The number of rotatable bonds is 2. The summed E-state index contributed by atoms with van der Waals surface area (Å²) in [6.07, 6.45) is 3.81. The molecule has 1 aliphatic rings. The van der Waals surface area contributed by atoms with Gasteiger partial charge in [-0.15, -0.1) is 0 Å². The molecular formula is C10H18N2O. The third-order valence-electron chi connectivity index (χ3n) is 2.36. The molecule has 0 aromatic rings. The fourth-order valence-electron chi connectivity index (χ4n) is 1.61. The van der Waals surface area contributed by atoms with Crippen molar-refractivity contribution in [2.75, 3.05) is 13.1 Å². The van der Waals surface area contributed by atoms with Crippen LogP contribution in [0.2, 0.25) is 0 Å². The summed E-state index contributed by atoms with van der Waals surface area (Å²) in [5, 5.41) is 0. The Morgan fingerprint density at radius 1 is 1.69 bits per heavy atom. The summed E-state index contributed by atoms with van der Waals surface area (Å²) in [6.45, 7) is 5.44. The van der Waals surface area contributed by atoms with Crippen LogP contribution >= 0.6 is 0 Å². The minimum absolute atomic E-state index is 0.148. The lowest BCUT2D eigenvalue weighted by Gasteiger charge is -2.15. The summed E-state index contributed by atoms with van der Waals surface area (Å²) in [6, 6.07) is 0.179. The molecular weight excluding hydrogens is 164 g/mol. The molecule has 1 unspecified atom stereocenters. The highest BCUT2D eigenvalue weighted by Crippen LogP contribution is 2.11. The van der Waals surface area contributed by atoms with Crippen molar-refractivity contribution >= 4 is 5.91 Å². The van der Waals surface area contributed by atoms with Crippen LogP contribution in [-0.4, -0.2) is 29.9 Å². The van der Waals surface area contributed by atoms with Crippen LogP contribution in [0.25, 0.3) is 0 Å². The fourth-order valence-corrected chi connectivity index (χ4v) is 1.61. The quantitative estimate of drug-likeness (QED) is 0.645. The van der Waals surface area contributed by atoms with Crippen LogP contribution in [0, 0.1) is 0 Å². The van der Waals surface area contributed by atoms with Gasteiger partial charge >= 0.3 is 0 Å². The molecule has 1 heterocycles. The summed E-state index contributed by atoms with van der Waals surface area (Å²) < 4.78 is 0. The first-order valence-corrected chi connectivity index (χ1v) is 4.86. The molecule has 1 aliphatic heterocycles. The fraction of sp³-hybridized carbons (Fsp3) is 0.700. The Bertz CT molecular complexity index is 223. The number of likely N-dealkylation sites (tertiary alicyclic amines) is 1. The largest absolute Gasteiger partial charge is 0.337 e. The molecule has 1 atom stereocenters. The molecule has 1 saturated heterocycles. The van der Waals surface area contributed by atoms with E-state index in [0.717, 1.165) is 25.0 Å². The van der Waals surface area contributed by atoms with Crippen LogP contribution in [0.1, 0.15) is 26.7 Å². The second-order valence-electron chi connectivity index (χ2n) is 3.60. The zero-order chi connectivity index (χ0) is 9.84. The van der Waals surface area contributed by atoms with E-state index in [-0.39, 0.29) is 11.9 Å². The molecule has 0 aromatic carbocycles. The Hall–Kier alpha value is -0.830. The van der Waals surface area contributed by atoms with Gasteiger partial charge in [-0.25, -0.2) is 0 Å². The number of carbonyl (C=O) groups excluding carboxylic acids is 1. The molecule has 13 heavy (non-hydrogen) atoms. The lowest BCUT2D eigenvalue weighted by Crippen LogP contribution is -2.32. The van der Waals surface area contributed by atoms with E-state index in [2.05, 4.69) is 0 Å². The molecule has 0 bridgehead atoms. The maximum atomic E-state index is 11.7. The summed E-state index contributed by atoms with van der Waals surface area (Å²) in [5.74, 6) is 0.148. The van der Waals surface area contributed by atoms with Crippen molar-refractivity contribution in [2.45, 2.75) is 32.7 Å². The van der Waals surface area contributed by atoms with Gasteiger partial charge in [0.05, 0.1) is 0 Å². The first kappa shape index (κ1) is 10.3. The number of hydrogen-bond acceptors (Lipinski definition) is 2. The normalized spacial score (nSPS) is 23.8. The molecule has 74 valence electrons. The van der Waals surface area contributed by atoms with Crippen molar-refractivity contribution in [2.24, 2.45) is 5.73 Å². The molecule has 2 N–H and O–H groups in total. The van der Waals surface area contributed by atoms with Gasteiger partial charge in [-0.05, 0) is 19.8 Å². The Balaban J connectivity index is 2.53. The van der Waals surface area contributed by atoms with E-state index in [1.807, 2.05) is 24.8 Å². The third-order valence-corrected chi connectivity index (χ3v) is 2.36. The predicted octanol–water partition coefficient (Wildman–Crippen LogP) is 0.902. The minimum atomic E-state index is 0.148. The zero-order valence-electron chi connectivity index (χ0n) is 8.42. The molecule has 0 radical (unpaired) electrons. The van der Waals surface area contributed by atoms with E-state index in [1.54, 1.807) is 0 Å². The standard InChI is InChI=1S/C10H18N2O/c1-3-4-8(2)10(13)12-6-5-9(11)7-12/h4,9H,3,5-7,11H2,1-2H3/b8-4-. The predicted molar refractivity (Wildman–Crippen MR) is 53.2 cm³/mol. The number of nitrogens with zero attached hydrogens (tertiary/aromatic N) is 1. The van der Waals surface area contributed by atoms with Gasteiger partial charge in [-0.3, -0.25) is 4.79 Å². The van der Waals surface area contributed by atoms with Gasteiger partial charge in [0, 0.05) is 24.7 Å². The van der Waals surface area contributed by atoms with Crippen LogP contribution in [0.4, 0.5) is 0 Å². The number of carbonyl (C=O) groups is 1. The van der Waals surface area contributed by atoms with E-state index >= 15 is 0 Å². The Kier molecular flexibility index (Phi) is 3.48. The molecule has 0 aromatic heterocycles. The lowest BCUT2D eigenvalue weighted by atomic mass is 10.2. The van der Waals surface area contributed by atoms with Gasteiger partial charge < -0.3 is 10.6 Å². The van der Waals surface area contributed by atoms with Crippen LogP contribution in [-0.2, 0) is 4.79 Å². The second-order valence-corrected chi connectivity index (χ2v) is 3.60. The Morgan fingerprint density at radius 2 is 2.38 bits per heavy atom. The van der Waals surface area contributed by atoms with E-state index in [0.29, 0.717) is 6.54 Å². The number of amides is 1. The maximum Gasteiger partial charge on any atom is 0.249 e. The third kappa shape index (κ3) is 2.56. The monoisotopic (exact) mass is 182 g/mol. The first-order chi connectivity index (χ1) is 6.15. The smallest absolute Gasteiger partial charge is 0.249 e. The average Bonchev–Trinajstić information content (AvgIpc) is 2.51. The van der Waals surface area contributed by atoms with E-state index in [1.165, 1.54) is 0 Å². The molecule has 3 nitrogen and oxygen atoms in total. The number of hydrogen-bond donors (Lipinski definition) is 1.